The Morgan fingerprint density at radius 1 is 0.605 bits per heavy atom. The van der Waals surface area contributed by atoms with Crippen LogP contribution in [0.1, 0.15) is 88.5 Å². The van der Waals surface area contributed by atoms with Crippen molar-refractivity contribution in [2.24, 2.45) is 10.8 Å². The second kappa shape index (κ2) is 16.2. The quantitative estimate of drug-likeness (QED) is 0.224. The highest BCUT2D eigenvalue weighted by Crippen LogP contribution is 2.42. The molecule has 0 aliphatic heterocycles. The van der Waals surface area contributed by atoms with E-state index >= 15 is 0 Å². The van der Waals surface area contributed by atoms with Crippen LogP contribution in [0.3, 0.4) is 0 Å². The van der Waals surface area contributed by atoms with Gasteiger partial charge in [-0.15, -0.1) is 0 Å². The average Bonchev–Trinajstić information content (AvgIpc) is 2.88. The van der Waals surface area contributed by atoms with E-state index in [4.69, 9.17) is 0 Å². The molecule has 234 valence electrons. The molecular weight excluding hydrogens is 528 g/mol. The largest absolute Gasteiger partial charge is 0.393 e. The third-order valence-electron chi connectivity index (χ3n) is 8.54. The van der Waals surface area contributed by atoms with Gasteiger partial charge in [-0.25, -0.2) is 0 Å². The van der Waals surface area contributed by atoms with Crippen molar-refractivity contribution in [1.29, 1.82) is 0 Å². The highest BCUT2D eigenvalue weighted by atomic mass is 16.3. The van der Waals surface area contributed by atoms with Crippen LogP contribution in [0.15, 0.2) is 130 Å². The van der Waals surface area contributed by atoms with E-state index in [1.807, 2.05) is 20.8 Å². The summed E-state index contributed by atoms with van der Waals surface area (Å²) in [5.41, 5.74) is 8.99. The maximum atomic E-state index is 10.4. The first-order chi connectivity index (χ1) is 20.0. The number of hydrogen-bond donors (Lipinski definition) is 3. The summed E-state index contributed by atoms with van der Waals surface area (Å²) in [5, 5.41) is 30.7. The Balaban J connectivity index is 1.92. The van der Waals surface area contributed by atoms with Crippen LogP contribution in [-0.4, -0.2) is 33.6 Å². The molecule has 3 N–H and O–H groups in total. The van der Waals surface area contributed by atoms with E-state index in [-0.39, 0.29) is 11.5 Å². The summed E-state index contributed by atoms with van der Waals surface area (Å²) in [6, 6.07) is 0. The summed E-state index contributed by atoms with van der Waals surface area (Å²) in [6.07, 6.45) is 29.8. The summed E-state index contributed by atoms with van der Waals surface area (Å²) in [5.74, 6) is 0. The normalized spacial score (nSPS) is 26.5. The van der Waals surface area contributed by atoms with Crippen molar-refractivity contribution in [1.82, 2.24) is 0 Å². The molecule has 0 fully saturated rings. The first-order valence-electron chi connectivity index (χ1n) is 15.6. The van der Waals surface area contributed by atoms with Gasteiger partial charge in [-0.2, -0.15) is 0 Å². The van der Waals surface area contributed by atoms with Gasteiger partial charge in [-0.1, -0.05) is 146 Å². The van der Waals surface area contributed by atoms with Crippen molar-refractivity contribution in [2.75, 3.05) is 0 Å². The molecule has 43 heavy (non-hydrogen) atoms. The van der Waals surface area contributed by atoms with E-state index in [0.29, 0.717) is 6.42 Å². The molecule has 2 aliphatic carbocycles. The van der Waals surface area contributed by atoms with Crippen LogP contribution in [0.2, 0.25) is 0 Å². The van der Waals surface area contributed by atoms with Gasteiger partial charge in [0.2, 0.25) is 0 Å². The molecule has 0 bridgehead atoms. The molecule has 3 nitrogen and oxygen atoms in total. The molecule has 0 heterocycles. The highest BCUT2D eigenvalue weighted by molar-refractivity contribution is 5.40. The maximum absolute atomic E-state index is 10.4. The number of allylic oxidation sites excluding steroid dienone is 19. The van der Waals surface area contributed by atoms with Gasteiger partial charge in [-0.3, -0.25) is 0 Å². The fourth-order valence-corrected chi connectivity index (χ4v) is 6.03. The third kappa shape index (κ3) is 11.2. The van der Waals surface area contributed by atoms with E-state index in [1.54, 1.807) is 0 Å². The Morgan fingerprint density at radius 2 is 1.02 bits per heavy atom. The molecule has 0 aromatic carbocycles. The van der Waals surface area contributed by atoms with Crippen molar-refractivity contribution >= 4 is 0 Å². The van der Waals surface area contributed by atoms with Crippen molar-refractivity contribution in [3.63, 3.8) is 0 Å². The van der Waals surface area contributed by atoms with Crippen molar-refractivity contribution < 1.29 is 15.3 Å². The molecule has 3 heteroatoms. The molecule has 1 unspecified atom stereocenters. The molecule has 3 atom stereocenters. The van der Waals surface area contributed by atoms with Gasteiger partial charge in [0.25, 0.3) is 0 Å². The molecule has 0 amide bonds. The predicted molar refractivity (Wildman–Crippen MR) is 186 cm³/mol. The van der Waals surface area contributed by atoms with Crippen LogP contribution < -0.4 is 0 Å². The molecular formula is C40H56O3. The summed E-state index contributed by atoms with van der Waals surface area (Å²) >= 11 is 0. The minimum Gasteiger partial charge on any atom is -0.393 e. The maximum Gasteiger partial charge on any atom is 0.0893 e. The molecule has 0 saturated heterocycles. The van der Waals surface area contributed by atoms with Crippen molar-refractivity contribution in [3.05, 3.63) is 130 Å². The standard InChI is InChI=1S/C40H56O3/c1-28(17-13-19-30(3)21-23-35-32(5)25-34(41)27-39(35,7)8)15-11-12-16-29(2)18-14-20-31(4)22-24-36-33(6)26-37(42)38(43)40(36,9)10/h11-24,34,37-38,41-43H,25-27H2,1-10H3/b12-11+,17-13+,18-14+,23-21+,24-22+,28-15+,29-16+,30-19+,31-20+/t34?,37-,38+/m1/s1. The summed E-state index contributed by atoms with van der Waals surface area (Å²) in [6.45, 7) is 20.9. The molecule has 0 spiro atoms. The third-order valence-corrected chi connectivity index (χ3v) is 8.54. The predicted octanol–water partition coefficient (Wildman–Crippen LogP) is 9.52. The number of rotatable bonds is 10. The van der Waals surface area contributed by atoms with Crippen LogP contribution in [0.4, 0.5) is 0 Å². The molecule has 0 radical (unpaired) electrons. The zero-order valence-electron chi connectivity index (χ0n) is 28.3. The van der Waals surface area contributed by atoms with Gasteiger partial charge in [0, 0.05) is 5.41 Å². The Labute approximate surface area is 262 Å². The summed E-state index contributed by atoms with van der Waals surface area (Å²) in [4.78, 5) is 0. The lowest BCUT2D eigenvalue weighted by Gasteiger charge is -2.40. The van der Waals surface area contributed by atoms with Gasteiger partial charge >= 0.3 is 0 Å². The SMILES string of the molecule is CC1=C(/C=C/C(C)=C/C=C/C(C)=C/C=C/C=C(C)/C=C/C=C(C)/C=C/C2=C(C)C[C@@H](O)[C@H](O)C2(C)C)C(C)(C)CC(O)C1. The first-order valence-corrected chi connectivity index (χ1v) is 15.6. The number of aliphatic hydroxyl groups is 3. The molecule has 2 rings (SSSR count). The molecule has 2 aliphatic rings. The minimum absolute atomic E-state index is 0.00247. The first kappa shape index (κ1) is 36.2. The van der Waals surface area contributed by atoms with Gasteiger partial charge in [-0.05, 0) is 77.4 Å². The van der Waals surface area contributed by atoms with E-state index < -0.39 is 17.6 Å². The minimum atomic E-state index is -0.761. The highest BCUT2D eigenvalue weighted by Gasteiger charge is 2.40. The Kier molecular flexibility index (Phi) is 13.6. The lowest BCUT2D eigenvalue weighted by Crippen LogP contribution is -2.44. The Morgan fingerprint density at radius 3 is 1.51 bits per heavy atom. The van der Waals surface area contributed by atoms with Gasteiger partial charge in [0.1, 0.15) is 0 Å². The van der Waals surface area contributed by atoms with E-state index in [0.717, 1.165) is 35.1 Å². The fourth-order valence-electron chi connectivity index (χ4n) is 6.03. The van der Waals surface area contributed by atoms with Gasteiger partial charge in [0.15, 0.2) is 0 Å². The number of hydrogen-bond acceptors (Lipinski definition) is 3. The zero-order chi connectivity index (χ0) is 32.4. The van der Waals surface area contributed by atoms with Crippen LogP contribution in [0, 0.1) is 10.8 Å². The molecule has 0 saturated carbocycles. The Bertz CT molecular complexity index is 1330. The fraction of sp³-hybridized carbons (Fsp3) is 0.450. The van der Waals surface area contributed by atoms with Crippen LogP contribution >= 0.6 is 0 Å². The Hall–Kier alpha value is -2.98. The summed E-state index contributed by atoms with van der Waals surface area (Å²) in [7, 11) is 0. The topological polar surface area (TPSA) is 60.7 Å². The second-order valence-electron chi connectivity index (χ2n) is 13.7. The van der Waals surface area contributed by atoms with Gasteiger partial charge in [0.05, 0.1) is 18.3 Å². The zero-order valence-corrected chi connectivity index (χ0v) is 28.3. The van der Waals surface area contributed by atoms with E-state index in [1.165, 1.54) is 22.3 Å². The lowest BCUT2D eigenvalue weighted by atomic mass is 9.69. The van der Waals surface area contributed by atoms with Crippen molar-refractivity contribution in [3.8, 4) is 0 Å². The smallest absolute Gasteiger partial charge is 0.0893 e. The molecule has 0 aromatic heterocycles. The van der Waals surface area contributed by atoms with Crippen LogP contribution in [-0.2, 0) is 0 Å². The van der Waals surface area contributed by atoms with Crippen LogP contribution in [0.5, 0.6) is 0 Å². The van der Waals surface area contributed by atoms with E-state index in [2.05, 4.69) is 134 Å². The summed E-state index contributed by atoms with van der Waals surface area (Å²) < 4.78 is 0. The lowest BCUT2D eigenvalue weighted by molar-refractivity contribution is -0.0439. The van der Waals surface area contributed by atoms with Crippen LogP contribution in [0.25, 0.3) is 0 Å². The van der Waals surface area contributed by atoms with Gasteiger partial charge < -0.3 is 15.3 Å². The second-order valence-corrected chi connectivity index (χ2v) is 13.7. The number of aliphatic hydroxyl groups excluding tert-OH is 3. The molecule has 0 aromatic rings. The van der Waals surface area contributed by atoms with Crippen molar-refractivity contribution in [2.45, 2.75) is 107 Å². The monoisotopic (exact) mass is 584 g/mol. The van der Waals surface area contributed by atoms with E-state index in [9.17, 15) is 15.3 Å². The average molecular weight is 585 g/mol.